The number of anilines is 1. The third kappa shape index (κ3) is 4.97. The highest BCUT2D eigenvalue weighted by Gasteiger charge is 2.19. The Labute approximate surface area is 173 Å². The average Bonchev–Trinajstić information content (AvgIpc) is 2.77. The molecule has 1 heterocycles. The molecule has 0 saturated heterocycles. The van der Waals surface area contributed by atoms with Crippen LogP contribution in [0.2, 0.25) is 0 Å². The van der Waals surface area contributed by atoms with Crippen LogP contribution < -0.4 is 11.1 Å². The Kier molecular flexibility index (Phi) is 7.05. The van der Waals surface area contributed by atoms with Gasteiger partial charge in [0.25, 0.3) is 5.91 Å². The Morgan fingerprint density at radius 2 is 2.03 bits per heavy atom. The minimum atomic E-state index is -0.724. The summed E-state index contributed by atoms with van der Waals surface area (Å²) in [4.78, 5) is 21.1. The van der Waals surface area contributed by atoms with Crippen molar-refractivity contribution in [2.24, 2.45) is 0 Å². The summed E-state index contributed by atoms with van der Waals surface area (Å²) in [5.41, 5.74) is 7.91. The molecule has 0 aliphatic carbocycles. The number of hydrogen-bond acceptors (Lipinski definition) is 6. The largest absolute Gasteiger partial charge is 0.394 e. The number of rotatable bonds is 8. The molecule has 30 heavy (non-hydrogen) atoms. The maximum atomic E-state index is 14.7. The molecule has 156 valence electrons. The van der Waals surface area contributed by atoms with E-state index in [0.717, 1.165) is 5.56 Å². The normalized spacial score (nSPS) is 11.8. The van der Waals surface area contributed by atoms with Gasteiger partial charge in [-0.1, -0.05) is 36.4 Å². The fraction of sp³-hybridized carbons (Fsp3) is 0.227. The van der Waals surface area contributed by atoms with Crippen LogP contribution >= 0.6 is 0 Å². The van der Waals surface area contributed by atoms with E-state index < -0.39 is 17.8 Å². The van der Waals surface area contributed by atoms with Gasteiger partial charge in [0.15, 0.2) is 0 Å². The number of aromatic nitrogens is 2. The van der Waals surface area contributed by atoms with Gasteiger partial charge in [0, 0.05) is 19.1 Å². The van der Waals surface area contributed by atoms with Gasteiger partial charge in [-0.25, -0.2) is 14.4 Å². The topological polar surface area (TPSA) is 110 Å². The molecule has 0 fully saturated rings. The fourth-order valence-corrected chi connectivity index (χ4v) is 2.98. The number of amides is 1. The van der Waals surface area contributed by atoms with Gasteiger partial charge in [0.05, 0.1) is 36.7 Å². The van der Waals surface area contributed by atoms with E-state index in [9.17, 15) is 14.3 Å². The summed E-state index contributed by atoms with van der Waals surface area (Å²) >= 11 is 0. The Hall–Kier alpha value is -3.36. The highest BCUT2D eigenvalue weighted by molar-refractivity contribution is 5.95. The van der Waals surface area contributed by atoms with Crippen molar-refractivity contribution in [2.45, 2.75) is 12.5 Å². The molecule has 1 aromatic heterocycles. The second kappa shape index (κ2) is 9.91. The van der Waals surface area contributed by atoms with E-state index in [2.05, 4.69) is 15.3 Å². The zero-order chi connectivity index (χ0) is 21.5. The SMILES string of the molecule is COCCc1cnc(N)c(-c2ccc(C(=O)NC(CO)c3ccccc3)c(F)c2)n1. The molecule has 0 aliphatic heterocycles. The first-order valence-electron chi connectivity index (χ1n) is 9.40. The van der Waals surface area contributed by atoms with Gasteiger partial charge >= 0.3 is 0 Å². The molecule has 3 aromatic rings. The quantitative estimate of drug-likeness (QED) is 0.526. The van der Waals surface area contributed by atoms with Crippen LogP contribution in [0.5, 0.6) is 0 Å². The zero-order valence-corrected chi connectivity index (χ0v) is 16.5. The molecular formula is C22H23FN4O3. The number of nitrogens with one attached hydrogen (secondary N) is 1. The number of benzene rings is 2. The van der Waals surface area contributed by atoms with Crippen LogP contribution in [0.25, 0.3) is 11.3 Å². The third-order valence-electron chi connectivity index (χ3n) is 4.59. The molecule has 0 radical (unpaired) electrons. The maximum Gasteiger partial charge on any atom is 0.254 e. The molecule has 0 aliphatic rings. The van der Waals surface area contributed by atoms with Crippen LogP contribution in [-0.4, -0.2) is 41.3 Å². The number of carbonyl (C=O) groups is 1. The summed E-state index contributed by atoms with van der Waals surface area (Å²) in [7, 11) is 1.59. The first kappa shape index (κ1) is 21.4. The number of halogens is 1. The fourth-order valence-electron chi connectivity index (χ4n) is 2.98. The molecule has 0 saturated carbocycles. The van der Waals surface area contributed by atoms with Crippen LogP contribution in [0.1, 0.15) is 27.7 Å². The Balaban J connectivity index is 1.82. The van der Waals surface area contributed by atoms with Gasteiger partial charge in [0.2, 0.25) is 0 Å². The number of nitrogen functional groups attached to an aromatic ring is 1. The Bertz CT molecular complexity index is 1010. The molecule has 1 atom stereocenters. The number of carbonyl (C=O) groups excluding carboxylic acids is 1. The lowest BCUT2D eigenvalue weighted by atomic mass is 10.0. The molecule has 4 N–H and O–H groups in total. The second-order valence-corrected chi connectivity index (χ2v) is 6.65. The molecule has 0 bridgehead atoms. The van der Waals surface area contributed by atoms with E-state index in [0.29, 0.717) is 30.0 Å². The first-order valence-corrected chi connectivity index (χ1v) is 9.40. The molecule has 3 rings (SSSR count). The number of methoxy groups -OCH3 is 1. The van der Waals surface area contributed by atoms with Gasteiger partial charge in [-0.3, -0.25) is 4.79 Å². The van der Waals surface area contributed by atoms with Crippen molar-refractivity contribution >= 4 is 11.7 Å². The van der Waals surface area contributed by atoms with Crippen LogP contribution in [-0.2, 0) is 11.2 Å². The number of nitrogens with two attached hydrogens (primary N) is 1. The standard InChI is InChI=1S/C22H23FN4O3/c1-30-10-9-16-12-25-21(24)20(26-16)15-7-8-17(18(23)11-15)22(29)27-19(13-28)14-5-3-2-4-6-14/h2-8,11-12,19,28H,9-10,13H2,1H3,(H2,24,25)(H,27,29). The summed E-state index contributed by atoms with van der Waals surface area (Å²) in [6.45, 7) is 0.161. The van der Waals surface area contributed by atoms with Crippen molar-refractivity contribution in [3.05, 3.63) is 77.4 Å². The molecule has 2 aromatic carbocycles. The smallest absolute Gasteiger partial charge is 0.254 e. The van der Waals surface area contributed by atoms with E-state index in [-0.39, 0.29) is 18.0 Å². The van der Waals surface area contributed by atoms with Gasteiger partial charge in [-0.2, -0.15) is 0 Å². The number of ether oxygens (including phenoxy) is 1. The zero-order valence-electron chi connectivity index (χ0n) is 16.5. The predicted molar refractivity (Wildman–Crippen MR) is 111 cm³/mol. The molecule has 1 unspecified atom stereocenters. The predicted octanol–water partition coefficient (Wildman–Crippen LogP) is 2.52. The van der Waals surface area contributed by atoms with Crippen LogP contribution in [0.15, 0.2) is 54.7 Å². The van der Waals surface area contributed by atoms with E-state index in [4.69, 9.17) is 10.5 Å². The number of aliphatic hydroxyl groups is 1. The van der Waals surface area contributed by atoms with Crippen molar-refractivity contribution in [3.8, 4) is 11.3 Å². The highest BCUT2D eigenvalue weighted by Crippen LogP contribution is 2.25. The summed E-state index contributed by atoms with van der Waals surface area (Å²) in [6.07, 6.45) is 2.09. The first-order chi connectivity index (χ1) is 14.5. The van der Waals surface area contributed by atoms with Crippen molar-refractivity contribution in [1.82, 2.24) is 15.3 Å². The minimum Gasteiger partial charge on any atom is -0.394 e. The molecular weight excluding hydrogens is 387 g/mol. The lowest BCUT2D eigenvalue weighted by Gasteiger charge is -2.17. The lowest BCUT2D eigenvalue weighted by Crippen LogP contribution is -2.31. The molecule has 7 nitrogen and oxygen atoms in total. The number of nitrogens with zero attached hydrogens (tertiary/aromatic N) is 2. The van der Waals surface area contributed by atoms with Gasteiger partial charge in [-0.15, -0.1) is 0 Å². The van der Waals surface area contributed by atoms with Gasteiger partial charge < -0.3 is 20.9 Å². The molecule has 0 spiro atoms. The van der Waals surface area contributed by atoms with Crippen LogP contribution in [0, 0.1) is 5.82 Å². The molecule has 8 heteroatoms. The van der Waals surface area contributed by atoms with Gasteiger partial charge in [0.1, 0.15) is 17.3 Å². The van der Waals surface area contributed by atoms with Crippen molar-refractivity contribution in [1.29, 1.82) is 0 Å². The lowest BCUT2D eigenvalue weighted by molar-refractivity contribution is 0.0912. The van der Waals surface area contributed by atoms with E-state index in [1.807, 2.05) is 6.07 Å². The summed E-state index contributed by atoms with van der Waals surface area (Å²) in [5.74, 6) is -1.19. The van der Waals surface area contributed by atoms with E-state index >= 15 is 0 Å². The Morgan fingerprint density at radius 3 is 2.70 bits per heavy atom. The van der Waals surface area contributed by atoms with Crippen LogP contribution in [0.3, 0.4) is 0 Å². The summed E-state index contributed by atoms with van der Waals surface area (Å²) in [6, 6.07) is 12.5. The Morgan fingerprint density at radius 1 is 1.27 bits per heavy atom. The van der Waals surface area contributed by atoms with Crippen LogP contribution in [0.4, 0.5) is 10.2 Å². The molecule has 1 amide bonds. The summed E-state index contributed by atoms with van der Waals surface area (Å²) in [5, 5.41) is 12.3. The van der Waals surface area contributed by atoms with Crippen molar-refractivity contribution in [3.63, 3.8) is 0 Å². The monoisotopic (exact) mass is 410 g/mol. The number of hydrogen-bond donors (Lipinski definition) is 3. The summed E-state index contributed by atoms with van der Waals surface area (Å²) < 4.78 is 19.8. The van der Waals surface area contributed by atoms with Crippen molar-refractivity contribution in [2.75, 3.05) is 26.1 Å². The van der Waals surface area contributed by atoms with Crippen molar-refractivity contribution < 1.29 is 19.0 Å². The maximum absolute atomic E-state index is 14.7. The number of aliphatic hydroxyl groups excluding tert-OH is 1. The van der Waals surface area contributed by atoms with E-state index in [1.165, 1.54) is 12.1 Å². The minimum absolute atomic E-state index is 0.143. The van der Waals surface area contributed by atoms with E-state index in [1.54, 1.807) is 43.6 Å². The second-order valence-electron chi connectivity index (χ2n) is 6.65. The van der Waals surface area contributed by atoms with Gasteiger partial charge in [-0.05, 0) is 17.7 Å². The third-order valence-corrected chi connectivity index (χ3v) is 4.59. The average molecular weight is 410 g/mol. The highest BCUT2D eigenvalue weighted by atomic mass is 19.1.